The van der Waals surface area contributed by atoms with Crippen molar-refractivity contribution < 1.29 is 9.47 Å². The summed E-state index contributed by atoms with van der Waals surface area (Å²) in [4.78, 5) is 0. The highest BCUT2D eigenvalue weighted by Gasteiger charge is 2.43. The first kappa shape index (κ1) is 9.44. The number of rotatable bonds is 2. The van der Waals surface area contributed by atoms with Crippen molar-refractivity contribution in [1.82, 2.24) is 5.32 Å². The quantitative estimate of drug-likeness (QED) is 0.694. The van der Waals surface area contributed by atoms with Gasteiger partial charge < -0.3 is 14.8 Å². The fraction of sp³-hybridized carbons (Fsp3) is 1.00. The molecule has 1 aliphatic carbocycles. The fourth-order valence-electron chi connectivity index (χ4n) is 1.56. The van der Waals surface area contributed by atoms with Crippen molar-refractivity contribution in [1.29, 1.82) is 0 Å². The van der Waals surface area contributed by atoms with E-state index in [4.69, 9.17) is 9.47 Å². The van der Waals surface area contributed by atoms with Gasteiger partial charge in [-0.1, -0.05) is 0 Å². The first-order chi connectivity index (χ1) is 6.04. The van der Waals surface area contributed by atoms with Crippen LogP contribution >= 0.6 is 0 Å². The summed E-state index contributed by atoms with van der Waals surface area (Å²) in [6.07, 6.45) is 1.91. The molecule has 1 N–H and O–H groups in total. The topological polar surface area (TPSA) is 30.5 Å². The Hall–Kier alpha value is -0.120. The molecular formula is C10H19NO2. The highest BCUT2D eigenvalue weighted by molar-refractivity contribution is 4.99. The molecule has 2 fully saturated rings. The van der Waals surface area contributed by atoms with Crippen molar-refractivity contribution in [2.75, 3.05) is 13.2 Å². The molecule has 13 heavy (non-hydrogen) atoms. The van der Waals surface area contributed by atoms with Crippen molar-refractivity contribution in [2.45, 2.75) is 51.0 Å². The molecule has 3 heteroatoms. The first-order valence-corrected chi connectivity index (χ1v) is 5.07. The van der Waals surface area contributed by atoms with E-state index in [1.165, 1.54) is 6.42 Å². The minimum Gasteiger partial charge on any atom is -0.373 e. The maximum atomic E-state index is 5.77. The van der Waals surface area contributed by atoms with E-state index < -0.39 is 0 Å². The van der Waals surface area contributed by atoms with Gasteiger partial charge in [-0.05, 0) is 27.2 Å². The van der Waals surface area contributed by atoms with Crippen LogP contribution in [0, 0.1) is 0 Å². The molecule has 2 aliphatic rings. The van der Waals surface area contributed by atoms with Gasteiger partial charge in [-0.3, -0.25) is 0 Å². The van der Waals surface area contributed by atoms with Gasteiger partial charge in [0.25, 0.3) is 0 Å². The third kappa shape index (κ3) is 2.66. The van der Waals surface area contributed by atoms with Crippen LogP contribution in [0.2, 0.25) is 0 Å². The van der Waals surface area contributed by atoms with E-state index in [-0.39, 0.29) is 11.7 Å². The van der Waals surface area contributed by atoms with Crippen LogP contribution in [0.15, 0.2) is 0 Å². The second kappa shape index (κ2) is 3.23. The lowest BCUT2D eigenvalue weighted by molar-refractivity contribution is -0.0856. The number of hydrogen-bond donors (Lipinski definition) is 1. The second-order valence-electron chi connectivity index (χ2n) is 4.97. The van der Waals surface area contributed by atoms with Crippen molar-refractivity contribution in [2.24, 2.45) is 0 Å². The monoisotopic (exact) mass is 185 g/mol. The van der Waals surface area contributed by atoms with E-state index in [1.54, 1.807) is 0 Å². The van der Waals surface area contributed by atoms with Crippen LogP contribution in [-0.4, -0.2) is 37.0 Å². The Bertz CT molecular complexity index is 188. The lowest BCUT2D eigenvalue weighted by Gasteiger charge is -2.27. The van der Waals surface area contributed by atoms with Crippen LogP contribution in [0.25, 0.3) is 0 Å². The zero-order valence-electron chi connectivity index (χ0n) is 8.67. The standard InChI is InChI=1S/C10H19NO2/c1-10(2,3)12-6-7-5-11-8-4-9(8)13-7/h7-9,11H,4-6H2,1-3H3/t7-,8-,9+/m0/s1. The highest BCUT2D eigenvalue weighted by atomic mass is 16.6. The molecule has 1 saturated heterocycles. The molecule has 0 unspecified atom stereocenters. The average Bonchev–Trinajstić information content (AvgIpc) is 2.76. The van der Waals surface area contributed by atoms with E-state index in [2.05, 4.69) is 26.1 Å². The third-order valence-electron chi connectivity index (χ3n) is 2.41. The summed E-state index contributed by atoms with van der Waals surface area (Å²) in [6.45, 7) is 7.87. The van der Waals surface area contributed by atoms with Crippen LogP contribution < -0.4 is 5.32 Å². The Balaban J connectivity index is 1.70. The molecule has 0 radical (unpaired) electrons. The maximum Gasteiger partial charge on any atom is 0.0937 e. The van der Waals surface area contributed by atoms with E-state index >= 15 is 0 Å². The number of ether oxygens (including phenoxy) is 2. The van der Waals surface area contributed by atoms with E-state index in [9.17, 15) is 0 Å². The molecule has 76 valence electrons. The van der Waals surface area contributed by atoms with Crippen molar-refractivity contribution in [3.63, 3.8) is 0 Å². The minimum absolute atomic E-state index is 0.0518. The second-order valence-corrected chi connectivity index (χ2v) is 4.97. The van der Waals surface area contributed by atoms with Crippen molar-refractivity contribution in [3.8, 4) is 0 Å². The van der Waals surface area contributed by atoms with Gasteiger partial charge in [-0.15, -0.1) is 0 Å². The molecule has 3 nitrogen and oxygen atoms in total. The maximum absolute atomic E-state index is 5.77. The SMILES string of the molecule is CC(C)(C)OC[C@@H]1CN[C@H]2C[C@H]2O1. The first-order valence-electron chi connectivity index (χ1n) is 5.07. The third-order valence-corrected chi connectivity index (χ3v) is 2.41. The Morgan fingerprint density at radius 3 is 2.85 bits per heavy atom. The average molecular weight is 185 g/mol. The molecule has 1 aliphatic heterocycles. The van der Waals surface area contributed by atoms with Crippen molar-refractivity contribution in [3.05, 3.63) is 0 Å². The van der Waals surface area contributed by atoms with E-state index in [0.29, 0.717) is 18.8 Å². The summed E-state index contributed by atoms with van der Waals surface area (Å²) in [6, 6.07) is 0.644. The molecule has 0 amide bonds. The summed E-state index contributed by atoms with van der Waals surface area (Å²) in [7, 11) is 0. The molecule has 1 saturated carbocycles. The zero-order chi connectivity index (χ0) is 9.47. The molecule has 0 aromatic carbocycles. The molecule has 0 aromatic heterocycles. The summed E-state index contributed by atoms with van der Waals surface area (Å²) < 4.78 is 11.4. The number of fused-ring (bicyclic) bond motifs is 1. The van der Waals surface area contributed by atoms with Crippen LogP contribution in [-0.2, 0) is 9.47 Å². The Morgan fingerprint density at radius 1 is 1.46 bits per heavy atom. The Kier molecular flexibility index (Phi) is 2.34. The van der Waals surface area contributed by atoms with Crippen LogP contribution in [0.1, 0.15) is 27.2 Å². The molecule has 0 spiro atoms. The molecule has 0 aromatic rings. The number of nitrogens with one attached hydrogen (secondary N) is 1. The molecule has 0 bridgehead atoms. The highest BCUT2D eigenvalue weighted by Crippen LogP contribution is 2.30. The van der Waals surface area contributed by atoms with Crippen LogP contribution in [0.4, 0.5) is 0 Å². The molecule has 2 rings (SSSR count). The van der Waals surface area contributed by atoms with Gasteiger partial charge in [0, 0.05) is 12.6 Å². The summed E-state index contributed by atoms with van der Waals surface area (Å²) in [5.74, 6) is 0. The lowest BCUT2D eigenvalue weighted by atomic mass is 10.2. The van der Waals surface area contributed by atoms with E-state index in [1.807, 2.05) is 0 Å². The smallest absolute Gasteiger partial charge is 0.0937 e. The van der Waals surface area contributed by atoms with Crippen molar-refractivity contribution >= 4 is 0 Å². The lowest BCUT2D eigenvalue weighted by Crippen LogP contribution is -2.42. The summed E-state index contributed by atoms with van der Waals surface area (Å²) in [5.41, 5.74) is -0.0518. The van der Waals surface area contributed by atoms with E-state index in [0.717, 1.165) is 6.54 Å². The molecule has 3 atom stereocenters. The normalized spacial score (nSPS) is 38.5. The van der Waals surface area contributed by atoms with Gasteiger partial charge in [0.15, 0.2) is 0 Å². The number of morpholine rings is 1. The van der Waals surface area contributed by atoms with Gasteiger partial charge in [0.2, 0.25) is 0 Å². The zero-order valence-corrected chi connectivity index (χ0v) is 8.67. The van der Waals surface area contributed by atoms with Gasteiger partial charge >= 0.3 is 0 Å². The predicted octanol–water partition coefficient (Wildman–Crippen LogP) is 0.931. The molecular weight excluding hydrogens is 166 g/mol. The Labute approximate surface area is 79.8 Å². The summed E-state index contributed by atoms with van der Waals surface area (Å²) >= 11 is 0. The Morgan fingerprint density at radius 2 is 2.23 bits per heavy atom. The van der Waals surface area contributed by atoms with Crippen LogP contribution in [0.5, 0.6) is 0 Å². The summed E-state index contributed by atoms with van der Waals surface area (Å²) in [5, 5.41) is 3.44. The largest absolute Gasteiger partial charge is 0.373 e. The number of hydrogen-bond acceptors (Lipinski definition) is 3. The fourth-order valence-corrected chi connectivity index (χ4v) is 1.56. The van der Waals surface area contributed by atoms with Crippen LogP contribution in [0.3, 0.4) is 0 Å². The molecule has 1 heterocycles. The van der Waals surface area contributed by atoms with Gasteiger partial charge in [-0.25, -0.2) is 0 Å². The predicted molar refractivity (Wildman–Crippen MR) is 50.8 cm³/mol. The van der Waals surface area contributed by atoms with Gasteiger partial charge in [0.05, 0.1) is 24.4 Å². The van der Waals surface area contributed by atoms with Gasteiger partial charge in [0.1, 0.15) is 0 Å². The van der Waals surface area contributed by atoms with Gasteiger partial charge in [-0.2, -0.15) is 0 Å². The minimum atomic E-state index is -0.0518.